The van der Waals surface area contributed by atoms with E-state index in [2.05, 4.69) is 10.3 Å². The number of nitrogens with one attached hydrogen (secondary N) is 1. The molecule has 2 aromatic rings. The number of alkyl halides is 3. The molecule has 1 aromatic carbocycles. The van der Waals surface area contributed by atoms with Gasteiger partial charge in [-0.1, -0.05) is 6.07 Å². The molecule has 1 aromatic heterocycles. The van der Waals surface area contributed by atoms with Crippen molar-refractivity contribution in [3.63, 3.8) is 0 Å². The van der Waals surface area contributed by atoms with Crippen molar-refractivity contribution >= 4 is 23.2 Å². The number of carbonyl (C=O) groups excluding carboxylic acids is 2. The Kier molecular flexibility index (Phi) is 5.16. The van der Waals surface area contributed by atoms with Gasteiger partial charge in [-0.15, -0.1) is 0 Å². The quantitative estimate of drug-likeness (QED) is 0.812. The first kappa shape index (κ1) is 19.9. The van der Waals surface area contributed by atoms with Gasteiger partial charge in [-0.05, 0) is 24.6 Å². The molecule has 1 fully saturated rings. The van der Waals surface area contributed by atoms with E-state index >= 15 is 0 Å². The van der Waals surface area contributed by atoms with Gasteiger partial charge in [-0.2, -0.15) is 13.2 Å². The third-order valence-electron chi connectivity index (χ3n) is 4.59. The summed E-state index contributed by atoms with van der Waals surface area (Å²) in [7, 11) is 1.30. The lowest BCUT2D eigenvalue weighted by molar-refractivity contribution is -0.270. The molecule has 28 heavy (non-hydrogen) atoms. The molecular formula is C18H19F3N4O3. The smallest absolute Gasteiger partial charge is 0.374 e. The maximum Gasteiger partial charge on any atom is 0.425 e. The van der Waals surface area contributed by atoms with E-state index in [1.54, 1.807) is 17.0 Å². The van der Waals surface area contributed by atoms with Crippen LogP contribution in [0.3, 0.4) is 0 Å². The Morgan fingerprint density at radius 2 is 2.11 bits per heavy atom. The van der Waals surface area contributed by atoms with E-state index < -0.39 is 29.9 Å². The molecule has 7 nitrogen and oxygen atoms in total. The van der Waals surface area contributed by atoms with Crippen LogP contribution in [0.4, 0.5) is 24.5 Å². The van der Waals surface area contributed by atoms with Crippen LogP contribution in [-0.4, -0.2) is 39.2 Å². The largest absolute Gasteiger partial charge is 0.425 e. The second-order valence-electron chi connectivity index (χ2n) is 6.64. The monoisotopic (exact) mass is 396 g/mol. The molecule has 0 saturated carbocycles. The number of anilines is 2. The van der Waals surface area contributed by atoms with Gasteiger partial charge in [0.2, 0.25) is 17.4 Å². The minimum absolute atomic E-state index is 0.0512. The molecule has 1 saturated heterocycles. The number of nitrogens with zero attached hydrogens (tertiary/aromatic N) is 3. The van der Waals surface area contributed by atoms with Crippen molar-refractivity contribution < 1.29 is 27.9 Å². The van der Waals surface area contributed by atoms with Gasteiger partial charge in [-0.3, -0.25) is 9.59 Å². The number of amides is 2. The fourth-order valence-corrected chi connectivity index (χ4v) is 3.18. The van der Waals surface area contributed by atoms with E-state index in [1.165, 1.54) is 25.4 Å². The summed E-state index contributed by atoms with van der Waals surface area (Å²) in [5.41, 5.74) is -2.65. The molecule has 1 aliphatic heterocycles. The van der Waals surface area contributed by atoms with E-state index in [0.717, 1.165) is 17.2 Å². The number of carbonyl (C=O) groups is 2. The normalized spacial score (nSPS) is 16.9. The van der Waals surface area contributed by atoms with Crippen LogP contribution in [0.5, 0.6) is 0 Å². The van der Waals surface area contributed by atoms with E-state index in [4.69, 9.17) is 0 Å². The van der Waals surface area contributed by atoms with Crippen LogP contribution in [-0.2, 0) is 22.2 Å². The van der Waals surface area contributed by atoms with Crippen molar-refractivity contribution in [1.82, 2.24) is 9.55 Å². The molecule has 150 valence electrons. The summed E-state index contributed by atoms with van der Waals surface area (Å²) in [5, 5.41) is 12.6. The zero-order chi connectivity index (χ0) is 20.5. The maximum absolute atomic E-state index is 13.5. The predicted octanol–water partition coefficient (Wildman–Crippen LogP) is 2.33. The number of halogens is 3. The number of rotatable bonds is 5. The molecule has 10 heteroatoms. The van der Waals surface area contributed by atoms with Crippen LogP contribution >= 0.6 is 0 Å². The fraction of sp³-hybridized carbons (Fsp3) is 0.389. The SMILES string of the molecule is Cn1ccnc1C(O)(CC(=O)Nc1cccc(N2CCCC2=O)c1)C(F)(F)F. The maximum atomic E-state index is 13.5. The van der Waals surface area contributed by atoms with E-state index in [9.17, 15) is 27.9 Å². The first-order valence-electron chi connectivity index (χ1n) is 8.59. The molecule has 2 heterocycles. The Morgan fingerprint density at radius 1 is 1.36 bits per heavy atom. The number of imidazole rings is 1. The number of aromatic nitrogens is 2. The molecule has 1 unspecified atom stereocenters. The van der Waals surface area contributed by atoms with Crippen LogP contribution < -0.4 is 10.2 Å². The van der Waals surface area contributed by atoms with Crippen LogP contribution in [0.25, 0.3) is 0 Å². The fourth-order valence-electron chi connectivity index (χ4n) is 3.18. The molecule has 1 aliphatic rings. The van der Waals surface area contributed by atoms with Crippen LogP contribution in [0, 0.1) is 0 Å². The van der Waals surface area contributed by atoms with E-state index in [-0.39, 0.29) is 11.6 Å². The number of hydrogen-bond donors (Lipinski definition) is 2. The highest BCUT2D eigenvalue weighted by molar-refractivity contribution is 5.97. The van der Waals surface area contributed by atoms with Crippen molar-refractivity contribution in [2.24, 2.45) is 7.05 Å². The summed E-state index contributed by atoms with van der Waals surface area (Å²) in [6, 6.07) is 6.27. The van der Waals surface area contributed by atoms with Gasteiger partial charge < -0.3 is 19.9 Å². The molecule has 0 aliphatic carbocycles. The number of aryl methyl sites for hydroxylation is 1. The summed E-state index contributed by atoms with van der Waals surface area (Å²) in [5.74, 6) is -1.76. The molecule has 0 spiro atoms. The minimum Gasteiger partial charge on any atom is -0.374 e. The number of hydrogen-bond acceptors (Lipinski definition) is 4. The van der Waals surface area contributed by atoms with Crippen molar-refractivity contribution in [3.8, 4) is 0 Å². The van der Waals surface area contributed by atoms with Crippen LogP contribution in [0.1, 0.15) is 25.1 Å². The highest BCUT2D eigenvalue weighted by Gasteiger charge is 2.58. The van der Waals surface area contributed by atoms with Crippen molar-refractivity contribution in [2.45, 2.75) is 31.0 Å². The van der Waals surface area contributed by atoms with Gasteiger partial charge in [0, 0.05) is 43.8 Å². The lowest BCUT2D eigenvalue weighted by atomic mass is 9.97. The number of aliphatic hydroxyl groups is 1. The second-order valence-corrected chi connectivity index (χ2v) is 6.64. The summed E-state index contributed by atoms with van der Waals surface area (Å²) in [4.78, 5) is 29.2. The topological polar surface area (TPSA) is 87.5 Å². The first-order chi connectivity index (χ1) is 13.1. The lowest BCUT2D eigenvalue weighted by Crippen LogP contribution is -2.46. The van der Waals surface area contributed by atoms with Gasteiger partial charge in [0.25, 0.3) is 0 Å². The molecule has 3 rings (SSSR count). The average Bonchev–Trinajstić information content (AvgIpc) is 3.22. The molecular weight excluding hydrogens is 377 g/mol. The zero-order valence-electron chi connectivity index (χ0n) is 15.0. The molecule has 0 radical (unpaired) electrons. The third-order valence-corrected chi connectivity index (χ3v) is 4.59. The lowest BCUT2D eigenvalue weighted by Gasteiger charge is -2.29. The predicted molar refractivity (Wildman–Crippen MR) is 94.4 cm³/mol. The van der Waals surface area contributed by atoms with Gasteiger partial charge in [0.1, 0.15) is 0 Å². The zero-order valence-corrected chi connectivity index (χ0v) is 15.0. The molecule has 2 amide bonds. The van der Waals surface area contributed by atoms with Gasteiger partial charge >= 0.3 is 6.18 Å². The number of benzene rings is 1. The summed E-state index contributed by atoms with van der Waals surface area (Å²) in [6.07, 6.45) is -2.85. The Bertz CT molecular complexity index is 896. The van der Waals surface area contributed by atoms with Crippen molar-refractivity contribution in [3.05, 3.63) is 42.5 Å². The molecule has 2 N–H and O–H groups in total. The van der Waals surface area contributed by atoms with Crippen molar-refractivity contribution in [1.29, 1.82) is 0 Å². The Balaban J connectivity index is 1.79. The standard InChI is InChI=1S/C18H19F3N4O3/c1-24-9-7-22-16(24)17(28,18(19,20)21)11-14(26)23-12-4-2-5-13(10-12)25-8-3-6-15(25)27/h2,4-5,7,9-10,28H,3,6,8,11H2,1H3,(H,23,26). The summed E-state index contributed by atoms with van der Waals surface area (Å²) >= 11 is 0. The average molecular weight is 396 g/mol. The van der Waals surface area contributed by atoms with E-state index in [1.807, 2.05) is 0 Å². The molecule has 0 bridgehead atoms. The van der Waals surface area contributed by atoms with Gasteiger partial charge in [-0.25, -0.2) is 4.98 Å². The Labute approximate surface area is 158 Å². The van der Waals surface area contributed by atoms with Crippen molar-refractivity contribution in [2.75, 3.05) is 16.8 Å². The summed E-state index contributed by atoms with van der Waals surface area (Å²) < 4.78 is 41.6. The molecule has 1 atom stereocenters. The van der Waals surface area contributed by atoms with Gasteiger partial charge in [0.15, 0.2) is 5.82 Å². The minimum atomic E-state index is -5.10. The Morgan fingerprint density at radius 3 is 2.68 bits per heavy atom. The van der Waals surface area contributed by atoms with Crippen LogP contribution in [0.15, 0.2) is 36.7 Å². The second kappa shape index (κ2) is 7.27. The third kappa shape index (κ3) is 3.72. The van der Waals surface area contributed by atoms with E-state index in [0.29, 0.717) is 18.7 Å². The summed E-state index contributed by atoms with van der Waals surface area (Å²) in [6.45, 7) is 0.545. The van der Waals surface area contributed by atoms with Crippen LogP contribution in [0.2, 0.25) is 0 Å². The first-order valence-corrected chi connectivity index (χ1v) is 8.59. The van der Waals surface area contributed by atoms with Gasteiger partial charge in [0.05, 0.1) is 6.42 Å². The Hall–Kier alpha value is -2.88. The highest BCUT2D eigenvalue weighted by atomic mass is 19.4. The highest BCUT2D eigenvalue weighted by Crippen LogP contribution is 2.41.